The Morgan fingerprint density at radius 2 is 0.640 bits per heavy atom. The minimum atomic E-state index is -1.62. The number of likely N-dealkylation sites (N-methyl/N-ethyl adjacent to an activating group) is 1. The zero-order valence-corrected chi connectivity index (χ0v) is 59.6. The SMILES string of the molecule is CC/C=C\C/C=C\C/C=C\C/C=C\C/C=C\CCCCCCCCCCCCCCCCCC(=O)OC(COC(=O)CCCCCCCCCCCCCCCCCCCCCCCCCCCCCCCCCCC)COC(OCC[N+](C)(C)C)C(=O)[O-]. The van der Waals surface area contributed by atoms with Crippen LogP contribution in [-0.4, -0.2) is 82.3 Å². The lowest BCUT2D eigenvalue weighted by atomic mass is 10.0. The summed E-state index contributed by atoms with van der Waals surface area (Å²) >= 11 is 0. The molecule has 9 nitrogen and oxygen atoms in total. The predicted molar refractivity (Wildman–Crippen MR) is 380 cm³/mol. The Bertz CT molecular complexity index is 1650. The van der Waals surface area contributed by atoms with Crippen molar-refractivity contribution in [1.82, 2.24) is 0 Å². The molecule has 0 aromatic rings. The molecule has 0 saturated heterocycles. The van der Waals surface area contributed by atoms with Gasteiger partial charge in [0.15, 0.2) is 12.4 Å². The fourth-order valence-electron chi connectivity index (χ4n) is 11.5. The second-order valence-electron chi connectivity index (χ2n) is 27.3. The second kappa shape index (κ2) is 70.9. The van der Waals surface area contributed by atoms with Gasteiger partial charge in [0, 0.05) is 12.8 Å². The summed E-state index contributed by atoms with van der Waals surface area (Å²) in [7, 11) is 5.95. The van der Waals surface area contributed by atoms with Crippen molar-refractivity contribution >= 4 is 17.9 Å². The summed E-state index contributed by atoms with van der Waals surface area (Å²) in [6.45, 7) is 4.70. The molecule has 0 heterocycles. The summed E-state index contributed by atoms with van der Waals surface area (Å²) < 4.78 is 22.9. The lowest BCUT2D eigenvalue weighted by Crippen LogP contribution is -2.44. The molecule has 0 N–H and O–H groups in total. The van der Waals surface area contributed by atoms with E-state index in [1.807, 2.05) is 21.1 Å². The summed E-state index contributed by atoms with van der Waals surface area (Å²) in [5, 5.41) is 11.8. The summed E-state index contributed by atoms with van der Waals surface area (Å²) in [4.78, 5) is 37.6. The molecule has 0 saturated carbocycles. The van der Waals surface area contributed by atoms with Crippen LogP contribution in [0, 0.1) is 0 Å². The van der Waals surface area contributed by atoms with Gasteiger partial charge in [0.05, 0.1) is 40.3 Å². The van der Waals surface area contributed by atoms with Crippen LogP contribution in [0.25, 0.3) is 0 Å². The number of carboxylic acids is 1. The highest BCUT2D eigenvalue weighted by Gasteiger charge is 2.22. The van der Waals surface area contributed by atoms with Gasteiger partial charge in [-0.15, -0.1) is 0 Å². The number of unbranched alkanes of at least 4 members (excludes halogenated alkanes) is 47. The van der Waals surface area contributed by atoms with Crippen LogP contribution >= 0.6 is 0 Å². The number of carboxylic acid groups (broad SMARTS) is 1. The third-order valence-electron chi connectivity index (χ3n) is 17.3. The average molecular weight is 1250 g/mol. The van der Waals surface area contributed by atoms with Crippen LogP contribution in [0.4, 0.5) is 0 Å². The summed E-state index contributed by atoms with van der Waals surface area (Å²) in [5.74, 6) is -2.26. The van der Waals surface area contributed by atoms with Crippen LogP contribution in [0.3, 0.4) is 0 Å². The number of allylic oxidation sites excluding steroid dienone is 10. The molecule has 0 rings (SSSR count). The van der Waals surface area contributed by atoms with Crippen molar-refractivity contribution in [1.29, 1.82) is 0 Å². The monoisotopic (exact) mass is 1250 g/mol. The molecule has 0 aliphatic rings. The molecule has 0 fully saturated rings. The van der Waals surface area contributed by atoms with Crippen LogP contribution in [-0.2, 0) is 33.3 Å². The average Bonchev–Trinajstić information content (AvgIpc) is 3.64. The third kappa shape index (κ3) is 72.3. The van der Waals surface area contributed by atoms with E-state index in [2.05, 4.69) is 74.6 Å². The molecule has 89 heavy (non-hydrogen) atoms. The Morgan fingerprint density at radius 1 is 0.348 bits per heavy atom. The number of hydrogen-bond donors (Lipinski definition) is 0. The van der Waals surface area contributed by atoms with Crippen LogP contribution in [0.2, 0.25) is 0 Å². The van der Waals surface area contributed by atoms with Gasteiger partial charge >= 0.3 is 11.9 Å². The van der Waals surface area contributed by atoms with E-state index >= 15 is 0 Å². The van der Waals surface area contributed by atoms with Gasteiger partial charge in [-0.25, -0.2) is 0 Å². The standard InChI is InChI=1S/C80H147NO8/c1-6-8-10-12-14-16-18-20-22-24-26-28-30-32-34-36-38-39-41-42-44-46-48-50-52-54-56-58-60-62-64-66-68-70-77(82)87-74-76(75-88-80(79(84)85)86-73-72-81(3,4)5)89-78(83)71-69-67-65-63-61-59-57-55-53-51-49-47-45-43-40-37-35-33-31-29-27-25-23-21-19-17-15-13-11-9-7-2/h9,11,15,17,21,23,27,29,33,35,76,80H,6-8,10,12-14,16,18-20,22,24-26,28,30-32,34,36-75H2,1-5H3/b11-9-,17-15-,23-21-,29-27-,35-33-. The van der Waals surface area contributed by atoms with Crippen LogP contribution in [0.1, 0.15) is 373 Å². The van der Waals surface area contributed by atoms with E-state index in [0.29, 0.717) is 23.9 Å². The largest absolute Gasteiger partial charge is 0.545 e. The van der Waals surface area contributed by atoms with Gasteiger partial charge < -0.3 is 33.3 Å². The fourth-order valence-corrected chi connectivity index (χ4v) is 11.5. The quantitative estimate of drug-likeness (QED) is 0.0195. The number of rotatable bonds is 72. The zero-order chi connectivity index (χ0) is 64.7. The van der Waals surface area contributed by atoms with E-state index in [4.69, 9.17) is 18.9 Å². The maximum Gasteiger partial charge on any atom is 0.306 e. The Balaban J connectivity index is 4.01. The first kappa shape index (κ1) is 86.0. The van der Waals surface area contributed by atoms with E-state index in [1.165, 1.54) is 276 Å². The number of aliphatic carboxylic acids is 1. The Kier molecular flexibility index (Phi) is 68.5. The molecule has 0 aromatic carbocycles. The van der Waals surface area contributed by atoms with Crippen molar-refractivity contribution in [2.24, 2.45) is 0 Å². The molecule has 2 unspecified atom stereocenters. The molecule has 0 bridgehead atoms. The molecule has 0 spiro atoms. The van der Waals surface area contributed by atoms with Gasteiger partial charge in [0.25, 0.3) is 0 Å². The molecular formula is C80H147NO8. The highest BCUT2D eigenvalue weighted by atomic mass is 16.7. The van der Waals surface area contributed by atoms with Gasteiger partial charge in [0.2, 0.25) is 0 Å². The number of carbonyl (C=O) groups excluding carboxylic acids is 3. The van der Waals surface area contributed by atoms with E-state index < -0.39 is 24.3 Å². The minimum absolute atomic E-state index is 0.149. The Labute approximate surface area is 552 Å². The van der Waals surface area contributed by atoms with Crippen LogP contribution < -0.4 is 5.11 Å². The van der Waals surface area contributed by atoms with Crippen molar-refractivity contribution in [2.75, 3.05) is 47.5 Å². The minimum Gasteiger partial charge on any atom is -0.545 e. The first-order valence-electron chi connectivity index (χ1n) is 38.4. The van der Waals surface area contributed by atoms with E-state index in [0.717, 1.165) is 64.2 Å². The van der Waals surface area contributed by atoms with Crippen LogP contribution in [0.5, 0.6) is 0 Å². The van der Waals surface area contributed by atoms with E-state index in [9.17, 15) is 19.5 Å². The van der Waals surface area contributed by atoms with Gasteiger partial charge in [-0.1, -0.05) is 364 Å². The number of quaternary nitrogens is 1. The molecule has 0 aliphatic carbocycles. The normalized spacial score (nSPS) is 13.0. The molecule has 520 valence electrons. The molecular weight excluding hydrogens is 1100 g/mol. The molecule has 2 atom stereocenters. The van der Waals surface area contributed by atoms with Gasteiger partial charge in [-0.05, 0) is 57.8 Å². The number of ether oxygens (including phenoxy) is 4. The molecule has 0 aliphatic heterocycles. The van der Waals surface area contributed by atoms with Crippen molar-refractivity contribution in [2.45, 2.75) is 386 Å². The summed E-state index contributed by atoms with van der Waals surface area (Å²) in [6, 6.07) is 0. The second-order valence-corrected chi connectivity index (χ2v) is 27.3. The first-order chi connectivity index (χ1) is 43.6. The third-order valence-corrected chi connectivity index (χ3v) is 17.3. The smallest absolute Gasteiger partial charge is 0.306 e. The van der Waals surface area contributed by atoms with Gasteiger partial charge in [-0.2, -0.15) is 0 Å². The molecule has 0 amide bonds. The number of hydrogen-bond acceptors (Lipinski definition) is 8. The summed E-state index contributed by atoms with van der Waals surface area (Å²) in [5.41, 5.74) is 0. The predicted octanol–water partition coefficient (Wildman–Crippen LogP) is 22.9. The lowest BCUT2D eigenvalue weighted by molar-refractivity contribution is -0.870. The van der Waals surface area contributed by atoms with E-state index in [1.54, 1.807) is 0 Å². The topological polar surface area (TPSA) is 111 Å². The highest BCUT2D eigenvalue weighted by molar-refractivity contribution is 5.70. The Morgan fingerprint density at radius 3 is 0.955 bits per heavy atom. The first-order valence-corrected chi connectivity index (χ1v) is 38.4. The van der Waals surface area contributed by atoms with Crippen molar-refractivity contribution in [3.63, 3.8) is 0 Å². The maximum absolute atomic E-state index is 13.0. The number of esters is 2. The van der Waals surface area contributed by atoms with Crippen LogP contribution in [0.15, 0.2) is 60.8 Å². The van der Waals surface area contributed by atoms with Crippen molar-refractivity contribution in [3.05, 3.63) is 60.8 Å². The summed E-state index contributed by atoms with van der Waals surface area (Å²) in [6.07, 6.45) is 90.5. The van der Waals surface area contributed by atoms with Crippen molar-refractivity contribution < 1.29 is 42.9 Å². The van der Waals surface area contributed by atoms with Gasteiger partial charge in [0.1, 0.15) is 13.2 Å². The maximum atomic E-state index is 13.0. The number of nitrogens with zero attached hydrogens (tertiary/aromatic N) is 1. The van der Waals surface area contributed by atoms with E-state index in [-0.39, 0.29) is 32.2 Å². The fraction of sp³-hybridized carbons (Fsp3) is 0.838. The number of carbonyl (C=O) groups is 3. The lowest BCUT2D eigenvalue weighted by Gasteiger charge is -2.26. The highest BCUT2D eigenvalue weighted by Crippen LogP contribution is 2.19. The van der Waals surface area contributed by atoms with Crippen molar-refractivity contribution in [3.8, 4) is 0 Å². The van der Waals surface area contributed by atoms with Gasteiger partial charge in [-0.3, -0.25) is 9.59 Å². The Hall–Kier alpha value is -3.01. The molecule has 9 heteroatoms. The molecule has 0 radical (unpaired) electrons. The zero-order valence-electron chi connectivity index (χ0n) is 59.6. The molecule has 0 aromatic heterocycles.